The van der Waals surface area contributed by atoms with Crippen molar-refractivity contribution in [3.63, 3.8) is 0 Å². The molecule has 2 bridgehead atoms. The van der Waals surface area contributed by atoms with Gasteiger partial charge < -0.3 is 8.97 Å². The maximum Gasteiger partial charge on any atom is 0.104 e. The standard InChI is InChI=1S/C23H40N2/c1-16-17(2)22-12-20(16)13-23(22)21-10-18(14-24(3,4)5)9-19(11-21)15-25(6,7)8/h9-11,16-17,20,22-23H,12-15H2,1-8H3/q+2. The number of fused-ring (bicyclic) bond motifs is 2. The maximum absolute atomic E-state index is 2.55. The summed E-state index contributed by atoms with van der Waals surface area (Å²) in [7, 11) is 13.8. The first-order chi connectivity index (χ1) is 11.4. The highest BCUT2D eigenvalue weighted by Gasteiger charge is 2.49. The van der Waals surface area contributed by atoms with Crippen molar-refractivity contribution in [1.82, 2.24) is 0 Å². The molecule has 2 nitrogen and oxygen atoms in total. The molecule has 2 saturated carbocycles. The molecule has 2 fully saturated rings. The van der Waals surface area contributed by atoms with E-state index in [0.29, 0.717) is 0 Å². The summed E-state index contributed by atoms with van der Waals surface area (Å²) in [5.41, 5.74) is 4.69. The largest absolute Gasteiger partial charge is 0.327 e. The van der Waals surface area contributed by atoms with E-state index in [1.54, 1.807) is 5.56 Å². The highest BCUT2D eigenvalue weighted by molar-refractivity contribution is 5.34. The predicted molar refractivity (Wildman–Crippen MR) is 107 cm³/mol. The van der Waals surface area contributed by atoms with Gasteiger partial charge in [-0.05, 0) is 66.2 Å². The van der Waals surface area contributed by atoms with Crippen LogP contribution in [0.3, 0.4) is 0 Å². The maximum atomic E-state index is 2.55. The fourth-order valence-corrected chi connectivity index (χ4v) is 5.61. The van der Waals surface area contributed by atoms with E-state index in [9.17, 15) is 0 Å². The lowest BCUT2D eigenvalue weighted by Gasteiger charge is -2.33. The fourth-order valence-electron chi connectivity index (χ4n) is 5.61. The highest BCUT2D eigenvalue weighted by atomic mass is 15.3. The van der Waals surface area contributed by atoms with Crippen molar-refractivity contribution in [2.75, 3.05) is 42.3 Å². The Balaban J connectivity index is 1.93. The summed E-state index contributed by atoms with van der Waals surface area (Å²) in [6.45, 7) is 7.22. The SMILES string of the molecule is CC1C2CC(c3cc(C[N+](C)(C)C)cc(C[N+](C)(C)C)c3)C(C2)C1C. The number of nitrogens with zero attached hydrogens (tertiary/aromatic N) is 2. The second kappa shape index (κ2) is 6.39. The number of hydrogen-bond acceptors (Lipinski definition) is 0. The van der Waals surface area contributed by atoms with Gasteiger partial charge in [0.05, 0.1) is 42.3 Å². The minimum absolute atomic E-state index is 0.801. The number of quaternary nitrogens is 2. The molecule has 0 aromatic heterocycles. The van der Waals surface area contributed by atoms with Gasteiger partial charge in [0, 0.05) is 11.1 Å². The van der Waals surface area contributed by atoms with E-state index in [4.69, 9.17) is 0 Å². The molecule has 140 valence electrons. The molecule has 5 atom stereocenters. The average Bonchev–Trinajstić information content (AvgIpc) is 2.95. The van der Waals surface area contributed by atoms with Gasteiger partial charge in [-0.15, -0.1) is 0 Å². The summed E-state index contributed by atoms with van der Waals surface area (Å²) < 4.78 is 1.99. The highest BCUT2D eigenvalue weighted by Crippen LogP contribution is 2.58. The van der Waals surface area contributed by atoms with Gasteiger partial charge in [0.1, 0.15) is 13.1 Å². The molecule has 2 aliphatic rings. The summed E-state index contributed by atoms with van der Waals surface area (Å²) in [4.78, 5) is 0. The quantitative estimate of drug-likeness (QED) is 0.690. The van der Waals surface area contributed by atoms with Crippen LogP contribution in [-0.4, -0.2) is 51.3 Å². The van der Waals surface area contributed by atoms with Gasteiger partial charge >= 0.3 is 0 Å². The molecule has 1 aromatic rings. The first-order valence-electron chi connectivity index (χ1n) is 10.2. The molecule has 2 heteroatoms. The van der Waals surface area contributed by atoms with Crippen molar-refractivity contribution in [1.29, 1.82) is 0 Å². The van der Waals surface area contributed by atoms with Crippen LogP contribution in [0.25, 0.3) is 0 Å². The fraction of sp³-hybridized carbons (Fsp3) is 0.739. The topological polar surface area (TPSA) is 0 Å². The molecule has 0 amide bonds. The van der Waals surface area contributed by atoms with Crippen LogP contribution < -0.4 is 0 Å². The molecule has 3 rings (SSSR count). The van der Waals surface area contributed by atoms with Crippen LogP contribution in [-0.2, 0) is 13.1 Å². The van der Waals surface area contributed by atoms with Crippen LogP contribution in [0, 0.1) is 23.7 Å². The Hall–Kier alpha value is -0.860. The van der Waals surface area contributed by atoms with Gasteiger partial charge in [0.15, 0.2) is 0 Å². The minimum Gasteiger partial charge on any atom is -0.327 e. The number of rotatable bonds is 5. The van der Waals surface area contributed by atoms with Gasteiger partial charge in [-0.3, -0.25) is 0 Å². The first kappa shape index (κ1) is 18.9. The van der Waals surface area contributed by atoms with Gasteiger partial charge in [-0.1, -0.05) is 13.8 Å². The average molecular weight is 345 g/mol. The van der Waals surface area contributed by atoms with Gasteiger partial charge in [0.25, 0.3) is 0 Å². The molecule has 2 aliphatic carbocycles. The molecular weight excluding hydrogens is 304 g/mol. The van der Waals surface area contributed by atoms with Gasteiger partial charge in [0.2, 0.25) is 0 Å². The Morgan fingerprint density at radius 1 is 0.760 bits per heavy atom. The van der Waals surface area contributed by atoms with Crippen LogP contribution in [0.2, 0.25) is 0 Å². The van der Waals surface area contributed by atoms with Gasteiger partial charge in [-0.2, -0.15) is 0 Å². The molecule has 0 aliphatic heterocycles. The Kier molecular flexibility index (Phi) is 4.83. The van der Waals surface area contributed by atoms with Crippen LogP contribution in [0.4, 0.5) is 0 Å². The van der Waals surface area contributed by atoms with E-state index in [1.165, 1.54) is 24.0 Å². The Bertz CT molecular complexity index is 584. The lowest BCUT2D eigenvalue weighted by molar-refractivity contribution is -0.884. The lowest BCUT2D eigenvalue weighted by Crippen LogP contribution is -2.34. The molecule has 25 heavy (non-hydrogen) atoms. The third-order valence-corrected chi connectivity index (χ3v) is 6.71. The van der Waals surface area contributed by atoms with Crippen molar-refractivity contribution in [2.45, 2.75) is 45.7 Å². The van der Waals surface area contributed by atoms with E-state index in [0.717, 1.165) is 51.6 Å². The third-order valence-electron chi connectivity index (χ3n) is 6.71. The molecule has 0 radical (unpaired) electrons. The smallest absolute Gasteiger partial charge is 0.104 e. The second-order valence-electron chi connectivity index (χ2n) is 11.2. The van der Waals surface area contributed by atoms with E-state index >= 15 is 0 Å². The normalized spacial score (nSPS) is 32.4. The first-order valence-corrected chi connectivity index (χ1v) is 10.2. The lowest BCUT2D eigenvalue weighted by atomic mass is 9.73. The van der Waals surface area contributed by atoms with E-state index in [2.05, 4.69) is 74.3 Å². The molecule has 0 heterocycles. The van der Waals surface area contributed by atoms with E-state index < -0.39 is 0 Å². The zero-order valence-electron chi connectivity index (χ0n) is 17.8. The summed E-state index contributed by atoms with van der Waals surface area (Å²) in [6.07, 6.45) is 2.89. The zero-order valence-corrected chi connectivity index (χ0v) is 17.8. The molecule has 0 N–H and O–H groups in total. The van der Waals surface area contributed by atoms with Gasteiger partial charge in [-0.25, -0.2) is 0 Å². The number of benzene rings is 1. The van der Waals surface area contributed by atoms with Crippen LogP contribution in [0.1, 0.15) is 49.3 Å². The summed E-state index contributed by atoms with van der Waals surface area (Å²) in [5.74, 6) is 4.51. The minimum atomic E-state index is 0.801. The van der Waals surface area contributed by atoms with Crippen LogP contribution >= 0.6 is 0 Å². The molecule has 1 aromatic carbocycles. The van der Waals surface area contributed by atoms with Crippen LogP contribution in [0.5, 0.6) is 0 Å². The van der Waals surface area contributed by atoms with Crippen LogP contribution in [0.15, 0.2) is 18.2 Å². The van der Waals surface area contributed by atoms with Crippen molar-refractivity contribution >= 4 is 0 Å². The second-order valence-corrected chi connectivity index (χ2v) is 11.2. The molecule has 5 unspecified atom stereocenters. The molecule has 0 spiro atoms. The monoisotopic (exact) mass is 344 g/mol. The summed E-state index contributed by atoms with van der Waals surface area (Å²) >= 11 is 0. The third kappa shape index (κ3) is 4.28. The van der Waals surface area contributed by atoms with Crippen molar-refractivity contribution in [3.05, 3.63) is 34.9 Å². The molecular formula is C23H40N2+2. The van der Waals surface area contributed by atoms with Crippen molar-refractivity contribution < 1.29 is 8.97 Å². The Labute approximate surface area is 156 Å². The zero-order chi connectivity index (χ0) is 18.6. The Morgan fingerprint density at radius 3 is 1.68 bits per heavy atom. The number of hydrogen-bond donors (Lipinski definition) is 0. The predicted octanol–water partition coefficient (Wildman–Crippen LogP) is 4.49. The Morgan fingerprint density at radius 2 is 1.28 bits per heavy atom. The van der Waals surface area contributed by atoms with Crippen molar-refractivity contribution in [3.8, 4) is 0 Å². The van der Waals surface area contributed by atoms with Crippen molar-refractivity contribution in [2.24, 2.45) is 23.7 Å². The van der Waals surface area contributed by atoms with E-state index in [-0.39, 0.29) is 0 Å². The summed E-state index contributed by atoms with van der Waals surface area (Å²) in [6, 6.07) is 7.56. The summed E-state index contributed by atoms with van der Waals surface area (Å²) in [5, 5.41) is 0. The van der Waals surface area contributed by atoms with E-state index in [1.807, 2.05) is 0 Å². The molecule has 0 saturated heterocycles.